The van der Waals surface area contributed by atoms with Crippen molar-refractivity contribution in [1.29, 1.82) is 0 Å². The Labute approximate surface area is 278 Å². The molecule has 0 spiro atoms. The summed E-state index contributed by atoms with van der Waals surface area (Å²) in [5, 5.41) is 8.62. The summed E-state index contributed by atoms with van der Waals surface area (Å²) in [7, 11) is 1.58. The molecule has 0 atom stereocenters. The fourth-order valence-electron chi connectivity index (χ4n) is 4.87. The summed E-state index contributed by atoms with van der Waals surface area (Å²) in [6.07, 6.45) is 2.31. The molecule has 0 saturated carbocycles. The van der Waals surface area contributed by atoms with Crippen LogP contribution in [0.1, 0.15) is 34.2 Å². The van der Waals surface area contributed by atoms with Gasteiger partial charge in [-0.3, -0.25) is 14.4 Å². The molecule has 0 aliphatic heterocycles. The second-order valence-corrected chi connectivity index (χ2v) is 11.6. The Kier molecular flexibility index (Phi) is 10.9. The van der Waals surface area contributed by atoms with Gasteiger partial charge < -0.3 is 25.1 Å². The number of para-hydroxylation sites is 2. The molecule has 9 heteroatoms. The van der Waals surface area contributed by atoms with Crippen LogP contribution in [0.2, 0.25) is 0 Å². The first-order chi connectivity index (χ1) is 22.8. The van der Waals surface area contributed by atoms with Crippen LogP contribution in [0.5, 0.6) is 5.75 Å². The largest absolute Gasteiger partial charge is 0.496 e. The van der Waals surface area contributed by atoms with Crippen molar-refractivity contribution >= 4 is 46.9 Å². The van der Waals surface area contributed by atoms with Gasteiger partial charge in [0, 0.05) is 27.9 Å². The monoisotopic (exact) mass is 645 g/mol. The predicted molar refractivity (Wildman–Crippen MR) is 188 cm³/mol. The molecule has 0 saturated heterocycles. The minimum Gasteiger partial charge on any atom is -0.496 e. The number of aryl methyl sites for hydroxylation is 2. The molecule has 47 heavy (non-hydrogen) atoms. The van der Waals surface area contributed by atoms with Crippen LogP contribution >= 0.6 is 11.8 Å². The Morgan fingerprint density at radius 3 is 2.32 bits per heavy atom. The average Bonchev–Trinajstić information content (AvgIpc) is 3.57. The van der Waals surface area contributed by atoms with Crippen molar-refractivity contribution in [3.8, 4) is 17.1 Å². The molecule has 4 aromatic carbocycles. The van der Waals surface area contributed by atoms with E-state index in [1.165, 1.54) is 17.8 Å². The van der Waals surface area contributed by atoms with Crippen molar-refractivity contribution in [1.82, 2.24) is 5.32 Å². The number of ether oxygens (including phenoxy) is 1. The molecule has 238 valence electrons. The highest BCUT2D eigenvalue weighted by Gasteiger charge is 2.17. The highest BCUT2D eigenvalue weighted by atomic mass is 32.2. The lowest BCUT2D eigenvalue weighted by Gasteiger charge is -2.13. The number of furan rings is 1. The maximum absolute atomic E-state index is 13.5. The van der Waals surface area contributed by atoms with E-state index in [-0.39, 0.29) is 17.4 Å². The maximum Gasteiger partial charge on any atom is 0.272 e. The van der Waals surface area contributed by atoms with Crippen LogP contribution in [0.25, 0.3) is 17.4 Å². The minimum absolute atomic E-state index is 0.00226. The highest BCUT2D eigenvalue weighted by Crippen LogP contribution is 2.31. The molecule has 0 fully saturated rings. The Hall–Kier alpha value is -5.54. The van der Waals surface area contributed by atoms with Crippen molar-refractivity contribution in [2.75, 3.05) is 23.5 Å². The molecule has 1 heterocycles. The average molecular weight is 646 g/mol. The minimum atomic E-state index is -0.533. The van der Waals surface area contributed by atoms with Gasteiger partial charge in [0.1, 0.15) is 23.0 Å². The van der Waals surface area contributed by atoms with E-state index in [0.29, 0.717) is 28.5 Å². The normalized spacial score (nSPS) is 11.1. The molecule has 0 bridgehead atoms. The van der Waals surface area contributed by atoms with E-state index in [0.717, 1.165) is 33.7 Å². The maximum atomic E-state index is 13.5. The van der Waals surface area contributed by atoms with Gasteiger partial charge >= 0.3 is 0 Å². The van der Waals surface area contributed by atoms with Crippen LogP contribution in [0.15, 0.2) is 124 Å². The van der Waals surface area contributed by atoms with Crippen molar-refractivity contribution in [2.24, 2.45) is 0 Å². The van der Waals surface area contributed by atoms with Gasteiger partial charge in [-0.05, 0) is 85.1 Å². The van der Waals surface area contributed by atoms with Gasteiger partial charge in [-0.1, -0.05) is 55.5 Å². The van der Waals surface area contributed by atoms with Crippen LogP contribution in [0.4, 0.5) is 11.4 Å². The number of nitrogens with one attached hydrogen (secondary N) is 3. The topological polar surface area (TPSA) is 110 Å². The molecule has 0 aliphatic rings. The zero-order valence-corrected chi connectivity index (χ0v) is 27.1. The van der Waals surface area contributed by atoms with Gasteiger partial charge in [0.05, 0.1) is 18.4 Å². The number of thioether (sulfide) groups is 1. The molecule has 5 aromatic rings. The fraction of sp³-hybridized carbons (Fsp3) is 0.132. The first-order valence-corrected chi connectivity index (χ1v) is 16.1. The second kappa shape index (κ2) is 15.6. The van der Waals surface area contributed by atoms with Crippen LogP contribution in [-0.2, 0) is 16.0 Å². The third-order valence-electron chi connectivity index (χ3n) is 7.30. The lowest BCUT2D eigenvalue weighted by molar-refractivity contribution is -0.114. The molecular weight excluding hydrogens is 611 g/mol. The van der Waals surface area contributed by atoms with Crippen LogP contribution in [0, 0.1) is 6.92 Å². The van der Waals surface area contributed by atoms with E-state index in [2.05, 4.69) is 22.9 Å². The zero-order valence-electron chi connectivity index (χ0n) is 26.3. The van der Waals surface area contributed by atoms with Crippen LogP contribution in [-0.4, -0.2) is 30.6 Å². The summed E-state index contributed by atoms with van der Waals surface area (Å²) in [5.74, 6) is 0.737. The van der Waals surface area contributed by atoms with Gasteiger partial charge in [0.15, 0.2) is 0 Å². The van der Waals surface area contributed by atoms with Crippen LogP contribution in [0.3, 0.4) is 0 Å². The van der Waals surface area contributed by atoms with Crippen molar-refractivity contribution in [2.45, 2.75) is 25.2 Å². The molecule has 8 nitrogen and oxygen atoms in total. The van der Waals surface area contributed by atoms with Gasteiger partial charge in [0.2, 0.25) is 5.91 Å². The van der Waals surface area contributed by atoms with Gasteiger partial charge in [-0.15, -0.1) is 11.8 Å². The Morgan fingerprint density at radius 1 is 0.830 bits per heavy atom. The number of amides is 3. The Bertz CT molecular complexity index is 1900. The van der Waals surface area contributed by atoms with E-state index in [1.54, 1.807) is 55.6 Å². The third-order valence-corrected chi connectivity index (χ3v) is 8.31. The standard InChI is InChI=1S/C38H35N3O5S/c1-4-26-14-10-11-25(2)36(26)41-35(42)24-47-30-20-17-28(18-21-30)39-38(44)32(40-37(43)27-12-6-5-7-13-27)23-29-19-22-34(46-29)31-15-8-9-16-33(31)45-3/h5-23H,4,24H2,1-3H3,(H,39,44)(H,40,43)(H,41,42). The first kappa shape index (κ1) is 32.8. The fourth-order valence-corrected chi connectivity index (χ4v) is 5.57. The predicted octanol–water partition coefficient (Wildman–Crippen LogP) is 7.97. The number of carbonyl (C=O) groups is 3. The quantitative estimate of drug-likeness (QED) is 0.0938. The van der Waals surface area contributed by atoms with E-state index in [4.69, 9.17) is 9.15 Å². The number of benzene rings is 4. The lowest BCUT2D eigenvalue weighted by atomic mass is 10.1. The molecule has 3 amide bonds. The molecule has 0 radical (unpaired) electrons. The SMILES string of the molecule is CCc1cccc(C)c1NC(=O)CSc1ccc(NC(=O)C(=Cc2ccc(-c3ccccc3OC)o2)NC(=O)c2ccccc2)cc1. The molecule has 3 N–H and O–H groups in total. The molecule has 5 rings (SSSR count). The molecular formula is C38H35N3O5S. The van der Waals surface area contributed by atoms with Gasteiger partial charge in [-0.25, -0.2) is 0 Å². The smallest absolute Gasteiger partial charge is 0.272 e. The number of methoxy groups -OCH3 is 1. The summed E-state index contributed by atoms with van der Waals surface area (Å²) in [4.78, 5) is 40.1. The molecule has 0 aliphatic carbocycles. The van der Waals surface area contributed by atoms with Crippen molar-refractivity contribution in [3.63, 3.8) is 0 Å². The zero-order chi connectivity index (χ0) is 33.2. The second-order valence-electron chi connectivity index (χ2n) is 10.6. The van der Waals surface area contributed by atoms with E-state index >= 15 is 0 Å². The highest BCUT2D eigenvalue weighted by molar-refractivity contribution is 8.00. The molecule has 0 unspecified atom stereocenters. The number of anilines is 2. The van der Waals surface area contributed by atoms with E-state index < -0.39 is 11.8 Å². The summed E-state index contributed by atoms with van der Waals surface area (Å²) < 4.78 is 11.5. The molecule has 1 aromatic heterocycles. The summed E-state index contributed by atoms with van der Waals surface area (Å²) in [6.45, 7) is 4.04. The number of carbonyl (C=O) groups excluding carboxylic acids is 3. The van der Waals surface area contributed by atoms with Gasteiger partial charge in [0.25, 0.3) is 11.8 Å². The summed E-state index contributed by atoms with van der Waals surface area (Å²) in [5.41, 5.74) is 4.67. The first-order valence-electron chi connectivity index (χ1n) is 15.1. The number of rotatable bonds is 12. The lowest BCUT2D eigenvalue weighted by Crippen LogP contribution is -2.30. The van der Waals surface area contributed by atoms with Gasteiger partial charge in [-0.2, -0.15) is 0 Å². The number of hydrogen-bond acceptors (Lipinski definition) is 6. The van der Waals surface area contributed by atoms with Crippen molar-refractivity contribution in [3.05, 3.63) is 137 Å². The third kappa shape index (κ3) is 8.59. The summed E-state index contributed by atoms with van der Waals surface area (Å²) >= 11 is 1.40. The Morgan fingerprint density at radius 2 is 1.57 bits per heavy atom. The van der Waals surface area contributed by atoms with Crippen LogP contribution < -0.4 is 20.7 Å². The number of hydrogen-bond donors (Lipinski definition) is 3. The van der Waals surface area contributed by atoms with E-state index in [9.17, 15) is 14.4 Å². The van der Waals surface area contributed by atoms with Crippen molar-refractivity contribution < 1.29 is 23.5 Å². The Balaban J connectivity index is 1.28. The van der Waals surface area contributed by atoms with E-state index in [1.807, 2.05) is 67.6 Å². The summed E-state index contributed by atoms with van der Waals surface area (Å²) in [6, 6.07) is 32.7.